The van der Waals surface area contributed by atoms with Gasteiger partial charge in [0.2, 0.25) is 0 Å². The lowest BCUT2D eigenvalue weighted by Gasteiger charge is -2.05. The number of hydrogen-bond acceptors (Lipinski definition) is 7. The fourth-order valence-corrected chi connectivity index (χ4v) is 5.16. The molecule has 1 saturated heterocycles. The number of amidine groups is 1. The summed E-state index contributed by atoms with van der Waals surface area (Å²) in [7, 11) is -2.87. The summed E-state index contributed by atoms with van der Waals surface area (Å²) in [6, 6.07) is -0.118. The van der Waals surface area contributed by atoms with Crippen molar-refractivity contribution < 1.29 is 13.5 Å². The Balaban J connectivity index is 1.98. The van der Waals surface area contributed by atoms with Gasteiger partial charge in [-0.1, -0.05) is 11.8 Å². The highest BCUT2D eigenvalue weighted by molar-refractivity contribution is 8.15. The molecule has 1 fully saturated rings. The molecule has 14 heavy (non-hydrogen) atoms. The van der Waals surface area contributed by atoms with Crippen LogP contribution in [0.5, 0.6) is 0 Å². The quantitative estimate of drug-likeness (QED) is 0.392. The Labute approximate surface area is 86.1 Å². The fourth-order valence-electron chi connectivity index (χ4n) is 1.53. The second-order valence-corrected chi connectivity index (χ2v) is 6.58. The van der Waals surface area contributed by atoms with Crippen molar-refractivity contribution in [2.45, 2.75) is 11.3 Å². The van der Waals surface area contributed by atoms with E-state index in [0.29, 0.717) is 5.17 Å². The minimum Gasteiger partial charge on any atom is -0.380 e. The lowest BCUT2D eigenvalue weighted by atomic mass is 10.3. The summed E-state index contributed by atoms with van der Waals surface area (Å²) >= 11 is 1.41. The van der Waals surface area contributed by atoms with Gasteiger partial charge in [0.1, 0.15) is 6.73 Å². The van der Waals surface area contributed by atoms with Crippen LogP contribution in [0.4, 0.5) is 0 Å². The molecule has 0 unspecified atom stereocenters. The lowest BCUT2D eigenvalue weighted by Crippen LogP contribution is -2.36. The SMILES string of the molecule is O=S1(=O)C[C@H]2N=C(NNCO)S[C@@H]2C1. The third-order valence-electron chi connectivity index (χ3n) is 2.09. The van der Waals surface area contributed by atoms with Crippen molar-refractivity contribution in [3.8, 4) is 0 Å². The number of nitrogens with one attached hydrogen (secondary N) is 2. The highest BCUT2D eigenvalue weighted by Gasteiger charge is 2.42. The Morgan fingerprint density at radius 1 is 1.57 bits per heavy atom. The number of aliphatic hydroxyl groups is 1. The molecule has 6 nitrogen and oxygen atoms in total. The van der Waals surface area contributed by atoms with Gasteiger partial charge in [0, 0.05) is 5.25 Å². The first kappa shape index (κ1) is 10.2. The molecule has 0 saturated carbocycles. The van der Waals surface area contributed by atoms with Crippen molar-refractivity contribution in [1.82, 2.24) is 10.9 Å². The zero-order valence-electron chi connectivity index (χ0n) is 7.30. The number of rotatable bonds is 2. The van der Waals surface area contributed by atoms with Crippen LogP contribution in [0, 0.1) is 0 Å². The molecule has 0 bridgehead atoms. The lowest BCUT2D eigenvalue weighted by molar-refractivity contribution is 0.252. The molecular weight excluding hydrogens is 226 g/mol. The molecule has 80 valence electrons. The van der Waals surface area contributed by atoms with Gasteiger partial charge in [-0.25, -0.2) is 13.8 Å². The van der Waals surface area contributed by atoms with E-state index in [1.165, 1.54) is 11.8 Å². The summed E-state index contributed by atoms with van der Waals surface area (Å²) in [6.45, 7) is -0.187. The molecule has 0 aromatic heterocycles. The van der Waals surface area contributed by atoms with Crippen molar-refractivity contribution in [2.75, 3.05) is 18.2 Å². The number of thioether (sulfide) groups is 1. The van der Waals surface area contributed by atoms with Crippen LogP contribution in [-0.4, -0.2) is 48.2 Å². The molecule has 3 N–H and O–H groups in total. The van der Waals surface area contributed by atoms with Crippen LogP contribution in [-0.2, 0) is 9.84 Å². The van der Waals surface area contributed by atoms with Gasteiger partial charge in [0.05, 0.1) is 17.5 Å². The van der Waals surface area contributed by atoms with Crippen molar-refractivity contribution in [3.63, 3.8) is 0 Å². The number of fused-ring (bicyclic) bond motifs is 1. The Morgan fingerprint density at radius 3 is 3.00 bits per heavy atom. The normalized spacial score (nSPS) is 33.9. The summed E-state index contributed by atoms with van der Waals surface area (Å²) in [4.78, 5) is 4.20. The van der Waals surface area contributed by atoms with Crippen LogP contribution in [0.15, 0.2) is 4.99 Å². The molecule has 0 aromatic rings. The maximum absolute atomic E-state index is 11.2. The molecule has 2 aliphatic rings. The number of aliphatic imine (C=N–C) groups is 1. The van der Waals surface area contributed by atoms with Crippen molar-refractivity contribution >= 4 is 26.8 Å². The number of hydrogen-bond donors (Lipinski definition) is 3. The molecular formula is C6H11N3O3S2. The van der Waals surface area contributed by atoms with E-state index in [2.05, 4.69) is 15.8 Å². The largest absolute Gasteiger partial charge is 0.380 e. The second-order valence-electron chi connectivity index (χ2n) is 3.19. The van der Waals surface area contributed by atoms with E-state index in [-0.39, 0.29) is 29.5 Å². The monoisotopic (exact) mass is 237 g/mol. The molecule has 0 aromatic carbocycles. The van der Waals surface area contributed by atoms with E-state index >= 15 is 0 Å². The number of hydrazine groups is 1. The summed E-state index contributed by atoms with van der Waals surface area (Å²) in [6.07, 6.45) is 0. The number of sulfone groups is 1. The van der Waals surface area contributed by atoms with Gasteiger partial charge < -0.3 is 5.11 Å². The van der Waals surface area contributed by atoms with Gasteiger partial charge in [0.15, 0.2) is 15.0 Å². The third-order valence-corrected chi connectivity index (χ3v) is 5.23. The highest BCUT2D eigenvalue weighted by Crippen LogP contribution is 2.33. The van der Waals surface area contributed by atoms with Crippen LogP contribution in [0.1, 0.15) is 0 Å². The zero-order valence-corrected chi connectivity index (χ0v) is 8.94. The first-order chi connectivity index (χ1) is 6.61. The van der Waals surface area contributed by atoms with Crippen molar-refractivity contribution in [1.29, 1.82) is 0 Å². The number of nitrogens with zero attached hydrogens (tertiary/aromatic N) is 1. The minimum absolute atomic E-state index is 0.0444. The number of aliphatic hydroxyl groups excluding tert-OH is 1. The van der Waals surface area contributed by atoms with Crippen molar-refractivity contribution in [2.24, 2.45) is 4.99 Å². The molecule has 2 aliphatic heterocycles. The van der Waals surface area contributed by atoms with E-state index in [0.717, 1.165) is 0 Å². The average Bonchev–Trinajstić information content (AvgIpc) is 2.53. The molecule has 8 heteroatoms. The predicted octanol–water partition coefficient (Wildman–Crippen LogP) is -1.70. The van der Waals surface area contributed by atoms with Crippen LogP contribution >= 0.6 is 11.8 Å². The fraction of sp³-hybridized carbons (Fsp3) is 0.833. The minimum atomic E-state index is -2.87. The predicted molar refractivity (Wildman–Crippen MR) is 54.6 cm³/mol. The van der Waals surface area contributed by atoms with Gasteiger partial charge in [-0.05, 0) is 0 Å². The Bertz CT molecular complexity index is 353. The van der Waals surface area contributed by atoms with E-state index in [1.54, 1.807) is 0 Å². The van der Waals surface area contributed by atoms with E-state index in [1.807, 2.05) is 0 Å². The van der Waals surface area contributed by atoms with Crippen LogP contribution < -0.4 is 10.9 Å². The molecule has 0 aliphatic carbocycles. The smallest absolute Gasteiger partial charge is 0.171 e. The van der Waals surface area contributed by atoms with Gasteiger partial charge in [-0.3, -0.25) is 10.4 Å². The van der Waals surface area contributed by atoms with E-state index in [4.69, 9.17) is 5.11 Å². The third kappa shape index (κ3) is 2.02. The summed E-state index contributed by atoms with van der Waals surface area (Å²) in [5.74, 6) is 0.352. The first-order valence-electron chi connectivity index (χ1n) is 4.15. The van der Waals surface area contributed by atoms with Gasteiger partial charge in [0.25, 0.3) is 0 Å². The molecule has 0 spiro atoms. The summed E-state index contributed by atoms with van der Waals surface area (Å²) in [5, 5.41) is 9.18. The van der Waals surface area contributed by atoms with Gasteiger partial charge in [-0.2, -0.15) is 0 Å². The topological polar surface area (TPSA) is 90.8 Å². The Morgan fingerprint density at radius 2 is 2.36 bits per heavy atom. The maximum atomic E-state index is 11.2. The van der Waals surface area contributed by atoms with Crippen LogP contribution in [0.25, 0.3) is 0 Å². The average molecular weight is 237 g/mol. The van der Waals surface area contributed by atoms with Crippen molar-refractivity contribution in [3.05, 3.63) is 0 Å². The molecule has 2 rings (SSSR count). The zero-order chi connectivity index (χ0) is 10.2. The molecule has 2 heterocycles. The standard InChI is InChI=1S/C6H11N3O3S2/c10-3-7-9-6-8-4-1-14(11,12)2-5(4)13-6/h4-5,7,10H,1-3H2,(H,8,9)/t4-,5-/m1/s1. The first-order valence-corrected chi connectivity index (χ1v) is 6.85. The van der Waals surface area contributed by atoms with E-state index in [9.17, 15) is 8.42 Å². The van der Waals surface area contributed by atoms with E-state index < -0.39 is 9.84 Å². The maximum Gasteiger partial charge on any atom is 0.171 e. The van der Waals surface area contributed by atoms with Crippen LogP contribution in [0.3, 0.4) is 0 Å². The molecule has 0 amide bonds. The Kier molecular flexibility index (Phi) is 2.69. The highest BCUT2D eigenvalue weighted by atomic mass is 32.2. The van der Waals surface area contributed by atoms with Crippen LogP contribution in [0.2, 0.25) is 0 Å². The molecule has 0 radical (unpaired) electrons. The van der Waals surface area contributed by atoms with Gasteiger partial charge in [-0.15, -0.1) is 0 Å². The second kappa shape index (κ2) is 3.69. The summed E-state index contributed by atoms with van der Waals surface area (Å²) < 4.78 is 22.4. The molecule has 2 atom stereocenters. The van der Waals surface area contributed by atoms with Gasteiger partial charge >= 0.3 is 0 Å². The Hall–Kier alpha value is -0.310. The summed E-state index contributed by atoms with van der Waals surface area (Å²) in [5.41, 5.74) is 5.21.